The number of nitrogens with one attached hydrogen (secondary N) is 1. The number of allylic oxidation sites excluding steroid dienone is 7. The predicted octanol–water partition coefficient (Wildman–Crippen LogP) is 23.0. The largest absolute Gasteiger partial charge is 0.472 e. The van der Waals surface area contributed by atoms with Gasteiger partial charge in [-0.2, -0.15) is 0 Å². The van der Waals surface area contributed by atoms with Crippen molar-refractivity contribution in [2.45, 2.75) is 373 Å². The fourth-order valence-corrected chi connectivity index (χ4v) is 11.7. The van der Waals surface area contributed by atoms with Crippen LogP contribution in [-0.2, 0) is 18.4 Å². The van der Waals surface area contributed by atoms with E-state index in [0.29, 0.717) is 17.4 Å². The molecule has 0 saturated carbocycles. The molecule has 0 radical (unpaired) electrons. The van der Waals surface area contributed by atoms with Gasteiger partial charge in [0.15, 0.2) is 0 Å². The molecule has 3 atom stereocenters. The number of quaternary nitrogens is 1. The van der Waals surface area contributed by atoms with E-state index in [1.165, 1.54) is 295 Å². The lowest BCUT2D eigenvalue weighted by molar-refractivity contribution is -0.870. The summed E-state index contributed by atoms with van der Waals surface area (Å²) in [5.74, 6) is -0.180. The number of amides is 1. The highest BCUT2D eigenvalue weighted by molar-refractivity contribution is 7.47. The number of unbranched alkanes of at least 4 members (excludes halogenated alkanes) is 48. The number of likely N-dealkylation sites (N-methyl/N-ethyl adjacent to an activating group) is 1. The molecule has 1 amide bonds. The van der Waals surface area contributed by atoms with Crippen LogP contribution in [0.1, 0.15) is 361 Å². The van der Waals surface area contributed by atoms with Gasteiger partial charge in [0.25, 0.3) is 0 Å². The minimum Gasteiger partial charge on any atom is -0.387 e. The third-order valence-electron chi connectivity index (χ3n) is 16.5. The second kappa shape index (κ2) is 63.9. The first-order valence-corrected chi connectivity index (χ1v) is 37.5. The molecule has 484 valence electrons. The van der Waals surface area contributed by atoms with Crippen molar-refractivity contribution in [3.63, 3.8) is 0 Å². The number of phosphoric ester groups is 1. The molecule has 0 aromatic rings. The summed E-state index contributed by atoms with van der Waals surface area (Å²) in [6.45, 7) is 4.83. The molecule has 0 spiro atoms. The Morgan fingerprint density at radius 1 is 0.415 bits per heavy atom. The van der Waals surface area contributed by atoms with E-state index in [9.17, 15) is 19.4 Å². The normalized spacial score (nSPS) is 13.9. The summed E-state index contributed by atoms with van der Waals surface area (Å²) in [6.07, 6.45) is 87.1. The minimum absolute atomic E-state index is 0.0578. The van der Waals surface area contributed by atoms with Crippen LogP contribution in [0.25, 0.3) is 0 Å². The van der Waals surface area contributed by atoms with Gasteiger partial charge >= 0.3 is 7.82 Å². The van der Waals surface area contributed by atoms with Crippen LogP contribution in [0.4, 0.5) is 0 Å². The number of aliphatic hydroxyl groups is 1. The lowest BCUT2D eigenvalue weighted by Gasteiger charge is -2.25. The van der Waals surface area contributed by atoms with Crippen LogP contribution < -0.4 is 5.32 Å². The molecule has 0 fully saturated rings. The van der Waals surface area contributed by atoms with Crippen LogP contribution in [0.3, 0.4) is 0 Å². The number of carbonyl (C=O) groups excluding carboxylic acids is 1. The van der Waals surface area contributed by atoms with Crippen molar-refractivity contribution in [1.29, 1.82) is 0 Å². The SMILES string of the molecule is CCCCCCC/C=C\C/C=C\CCCCCCCCCCCCCCCCCCCCCCCCCCCCCC(=O)NC(COP(=O)(O)OCC[N+](C)(C)C)C(O)/C=C/CC/C=C/CCCCCCCCCCCCCCCCC. The average molecular weight is 1170 g/mol. The first-order valence-electron chi connectivity index (χ1n) is 36.0. The molecule has 0 rings (SSSR count). The fourth-order valence-electron chi connectivity index (χ4n) is 10.9. The van der Waals surface area contributed by atoms with E-state index in [1.54, 1.807) is 6.08 Å². The lowest BCUT2D eigenvalue weighted by atomic mass is 10.0. The van der Waals surface area contributed by atoms with Gasteiger partial charge in [-0.15, -0.1) is 0 Å². The van der Waals surface area contributed by atoms with Crippen molar-refractivity contribution in [2.24, 2.45) is 0 Å². The van der Waals surface area contributed by atoms with E-state index in [-0.39, 0.29) is 19.1 Å². The zero-order valence-electron chi connectivity index (χ0n) is 55.5. The second-order valence-electron chi connectivity index (χ2n) is 26.0. The Kier molecular flexibility index (Phi) is 62.7. The Morgan fingerprint density at radius 2 is 0.707 bits per heavy atom. The molecule has 9 heteroatoms. The average Bonchev–Trinajstić information content (AvgIpc) is 3.46. The highest BCUT2D eigenvalue weighted by Crippen LogP contribution is 2.43. The monoisotopic (exact) mass is 1170 g/mol. The van der Waals surface area contributed by atoms with Gasteiger partial charge in [-0.1, -0.05) is 339 Å². The van der Waals surface area contributed by atoms with Crippen LogP contribution in [-0.4, -0.2) is 73.4 Å². The molecule has 8 nitrogen and oxygen atoms in total. The summed E-state index contributed by atoms with van der Waals surface area (Å²) in [6, 6.07) is -0.863. The summed E-state index contributed by atoms with van der Waals surface area (Å²) < 4.78 is 23.8. The highest BCUT2D eigenvalue weighted by Gasteiger charge is 2.28. The Labute approximate surface area is 511 Å². The number of carbonyl (C=O) groups is 1. The maximum atomic E-state index is 13.0. The van der Waals surface area contributed by atoms with E-state index in [1.807, 2.05) is 27.2 Å². The van der Waals surface area contributed by atoms with Crippen LogP contribution in [0.2, 0.25) is 0 Å². The van der Waals surface area contributed by atoms with Gasteiger partial charge in [0, 0.05) is 6.42 Å². The molecule has 0 aliphatic carbocycles. The zero-order chi connectivity index (χ0) is 59.8. The van der Waals surface area contributed by atoms with E-state index in [2.05, 4.69) is 55.6 Å². The standard InChI is InChI=1S/C73H141N2O6P/c1-6-8-10-12-14-16-18-20-22-24-26-28-29-30-31-32-33-34-35-36-37-38-39-40-41-42-43-44-45-47-49-51-53-55-57-59-61-63-65-67-73(77)74-71(70-81-82(78,79)80-69-68-75(3,4)5)72(76)66-64-62-60-58-56-54-52-50-48-46-27-25-23-21-19-17-15-13-11-9-7-2/h18,20,24,26,56,58,64,66,71-72,76H,6-17,19,21-23,25,27-55,57,59-63,65,67-70H2,1-5H3,(H-,74,77,78,79)/p+1/b20-18-,26-24-,58-56+,66-64+. The van der Waals surface area contributed by atoms with Crippen molar-refractivity contribution in [2.75, 3.05) is 40.9 Å². The fraction of sp³-hybridized carbons (Fsp3) is 0.877. The van der Waals surface area contributed by atoms with Gasteiger partial charge in [-0.25, -0.2) is 4.57 Å². The van der Waals surface area contributed by atoms with Crippen LogP contribution in [0.15, 0.2) is 48.6 Å². The molecule has 0 saturated heterocycles. The highest BCUT2D eigenvalue weighted by atomic mass is 31.2. The summed E-state index contributed by atoms with van der Waals surface area (Å²) in [4.78, 5) is 23.4. The zero-order valence-corrected chi connectivity index (χ0v) is 56.4. The number of phosphoric acid groups is 1. The molecule has 3 N–H and O–H groups in total. The third kappa shape index (κ3) is 66.0. The number of rotatable bonds is 67. The van der Waals surface area contributed by atoms with Gasteiger partial charge in [0.2, 0.25) is 5.91 Å². The van der Waals surface area contributed by atoms with Gasteiger partial charge in [-0.05, 0) is 64.2 Å². The Balaban J connectivity index is 3.95. The minimum atomic E-state index is -4.36. The molecular weight excluding hydrogens is 1030 g/mol. The quantitative estimate of drug-likeness (QED) is 0.0243. The van der Waals surface area contributed by atoms with Crippen molar-refractivity contribution in [3.05, 3.63) is 48.6 Å². The Hall–Kier alpha value is -1.54. The van der Waals surface area contributed by atoms with Crippen molar-refractivity contribution in [1.82, 2.24) is 5.32 Å². The van der Waals surface area contributed by atoms with Crippen LogP contribution in [0, 0.1) is 0 Å². The third-order valence-corrected chi connectivity index (χ3v) is 17.5. The topological polar surface area (TPSA) is 105 Å². The number of hydrogen-bond acceptors (Lipinski definition) is 5. The second-order valence-corrected chi connectivity index (χ2v) is 27.4. The summed E-state index contributed by atoms with van der Waals surface area (Å²) in [5, 5.41) is 14.0. The molecule has 82 heavy (non-hydrogen) atoms. The molecule has 0 aliphatic heterocycles. The molecule has 0 bridgehead atoms. The molecule has 0 aliphatic rings. The molecular formula is C73H142N2O6P+. The molecule has 3 unspecified atom stereocenters. The van der Waals surface area contributed by atoms with Crippen LogP contribution in [0.5, 0.6) is 0 Å². The van der Waals surface area contributed by atoms with Crippen molar-refractivity contribution >= 4 is 13.7 Å². The van der Waals surface area contributed by atoms with Gasteiger partial charge in [-0.3, -0.25) is 13.8 Å². The maximum absolute atomic E-state index is 13.0. The first-order chi connectivity index (χ1) is 40.0. The number of hydrogen-bond donors (Lipinski definition) is 3. The Bertz CT molecular complexity index is 1480. The van der Waals surface area contributed by atoms with E-state index < -0.39 is 20.0 Å². The van der Waals surface area contributed by atoms with Crippen LogP contribution >= 0.6 is 7.82 Å². The number of nitrogens with zero attached hydrogens (tertiary/aromatic N) is 1. The van der Waals surface area contributed by atoms with E-state index >= 15 is 0 Å². The smallest absolute Gasteiger partial charge is 0.387 e. The molecule has 0 aromatic carbocycles. The summed E-state index contributed by atoms with van der Waals surface area (Å²) in [5.41, 5.74) is 0. The van der Waals surface area contributed by atoms with Gasteiger partial charge in [0.05, 0.1) is 39.9 Å². The summed E-state index contributed by atoms with van der Waals surface area (Å²) >= 11 is 0. The molecule has 0 heterocycles. The maximum Gasteiger partial charge on any atom is 0.472 e. The van der Waals surface area contributed by atoms with E-state index in [4.69, 9.17) is 9.05 Å². The van der Waals surface area contributed by atoms with E-state index in [0.717, 1.165) is 44.9 Å². The predicted molar refractivity (Wildman–Crippen MR) is 360 cm³/mol. The Morgan fingerprint density at radius 3 is 1.05 bits per heavy atom. The number of aliphatic hydroxyl groups excluding tert-OH is 1. The van der Waals surface area contributed by atoms with Crippen molar-refractivity contribution < 1.29 is 32.9 Å². The van der Waals surface area contributed by atoms with Gasteiger partial charge < -0.3 is 19.8 Å². The summed E-state index contributed by atoms with van der Waals surface area (Å²) in [7, 11) is 1.57. The van der Waals surface area contributed by atoms with Gasteiger partial charge in [0.1, 0.15) is 13.2 Å². The molecule has 0 aromatic heterocycles. The van der Waals surface area contributed by atoms with Crippen molar-refractivity contribution in [3.8, 4) is 0 Å². The first kappa shape index (κ1) is 80.5. The lowest BCUT2D eigenvalue weighted by Crippen LogP contribution is -2.45.